The van der Waals surface area contributed by atoms with E-state index in [1.807, 2.05) is 66.7 Å². The van der Waals surface area contributed by atoms with Gasteiger partial charge in [-0.3, -0.25) is 9.59 Å². The van der Waals surface area contributed by atoms with Crippen LogP contribution in [0.1, 0.15) is 86.8 Å². The summed E-state index contributed by atoms with van der Waals surface area (Å²) in [5, 5.41) is 15.5. The van der Waals surface area contributed by atoms with E-state index >= 15 is 0 Å². The molecule has 10 nitrogen and oxygen atoms in total. The number of allylic oxidation sites excluding steroid dienone is 2. The molecule has 3 aromatic carbocycles. The molecule has 0 aliphatic heterocycles. The standard InChI is InChI=1S/C46H57N3O7/c1-3-5-25-42(48-46(54)56-32-41-39-23-14-12-21-37(39)38-22-13-15-24-40(38)41)45(53)55-31-36(28-33-17-8-6-9-18-33)47-44(52)35(16-4-2)29-43(51)49(26-27-50)30-34-19-10-7-11-20-34/h3-4,7,10-15,19-24,33,35-36,41-42,50H,1-2,5-6,8-9,16-18,25-32H2,(H,47,52)(H,48,54). The molecule has 0 radical (unpaired) electrons. The quantitative estimate of drug-likeness (QED) is 0.0758. The van der Waals surface area contributed by atoms with Crippen molar-refractivity contribution in [1.29, 1.82) is 0 Å². The zero-order valence-electron chi connectivity index (χ0n) is 32.4. The van der Waals surface area contributed by atoms with Crippen molar-refractivity contribution in [2.45, 2.75) is 88.8 Å². The van der Waals surface area contributed by atoms with Gasteiger partial charge in [0.15, 0.2) is 0 Å². The van der Waals surface area contributed by atoms with Gasteiger partial charge in [-0.1, -0.05) is 123 Å². The van der Waals surface area contributed by atoms with Crippen LogP contribution < -0.4 is 10.6 Å². The number of benzene rings is 3. The first-order valence-electron chi connectivity index (χ1n) is 20.0. The summed E-state index contributed by atoms with van der Waals surface area (Å²) in [4.78, 5) is 55.7. The van der Waals surface area contributed by atoms with Crippen molar-refractivity contribution in [3.63, 3.8) is 0 Å². The highest BCUT2D eigenvalue weighted by Crippen LogP contribution is 2.44. The molecule has 0 saturated heterocycles. The van der Waals surface area contributed by atoms with E-state index in [4.69, 9.17) is 9.47 Å². The minimum atomic E-state index is -0.983. The molecule has 3 N–H and O–H groups in total. The Morgan fingerprint density at radius 2 is 1.50 bits per heavy atom. The predicted molar refractivity (Wildman–Crippen MR) is 217 cm³/mol. The molecule has 1 fully saturated rings. The van der Waals surface area contributed by atoms with E-state index in [0.717, 1.165) is 53.5 Å². The van der Waals surface area contributed by atoms with E-state index in [1.165, 1.54) is 6.42 Å². The van der Waals surface area contributed by atoms with Crippen LogP contribution in [0.4, 0.5) is 4.79 Å². The zero-order chi connectivity index (χ0) is 39.7. The number of nitrogens with zero attached hydrogens (tertiary/aromatic N) is 1. The van der Waals surface area contributed by atoms with Gasteiger partial charge >= 0.3 is 12.1 Å². The summed E-state index contributed by atoms with van der Waals surface area (Å²) in [5.74, 6) is -1.66. The van der Waals surface area contributed by atoms with Gasteiger partial charge in [-0.2, -0.15) is 0 Å². The van der Waals surface area contributed by atoms with Gasteiger partial charge in [-0.25, -0.2) is 9.59 Å². The number of carbonyl (C=O) groups excluding carboxylic acids is 4. The highest BCUT2D eigenvalue weighted by atomic mass is 16.6. The molecular weight excluding hydrogens is 707 g/mol. The molecule has 2 aliphatic carbocycles. The zero-order valence-corrected chi connectivity index (χ0v) is 32.4. The molecule has 2 aliphatic rings. The van der Waals surface area contributed by atoms with Crippen molar-refractivity contribution in [2.24, 2.45) is 11.8 Å². The second-order valence-corrected chi connectivity index (χ2v) is 14.9. The minimum Gasteiger partial charge on any atom is -0.462 e. The summed E-state index contributed by atoms with van der Waals surface area (Å²) < 4.78 is 11.6. The molecule has 3 aromatic rings. The Bertz CT molecular complexity index is 1730. The van der Waals surface area contributed by atoms with E-state index < -0.39 is 30.1 Å². The van der Waals surface area contributed by atoms with E-state index in [0.29, 0.717) is 25.3 Å². The van der Waals surface area contributed by atoms with E-state index in [2.05, 4.69) is 35.9 Å². The average molecular weight is 764 g/mol. The van der Waals surface area contributed by atoms with Crippen molar-refractivity contribution in [3.05, 3.63) is 121 Å². The number of nitrogens with one attached hydrogen (secondary N) is 2. The third-order valence-electron chi connectivity index (χ3n) is 10.9. The number of hydrogen-bond donors (Lipinski definition) is 3. The van der Waals surface area contributed by atoms with Crippen molar-refractivity contribution in [2.75, 3.05) is 26.4 Å². The van der Waals surface area contributed by atoms with Gasteiger partial charge in [0, 0.05) is 25.4 Å². The number of rotatable bonds is 21. The van der Waals surface area contributed by atoms with E-state index in [9.17, 15) is 24.3 Å². The Hall–Kier alpha value is -5.22. The highest BCUT2D eigenvalue weighted by Gasteiger charge is 2.32. The number of amides is 3. The molecule has 56 heavy (non-hydrogen) atoms. The van der Waals surface area contributed by atoms with Crippen LogP contribution in [-0.2, 0) is 30.4 Å². The molecule has 3 atom stereocenters. The third kappa shape index (κ3) is 11.9. The maximum absolute atomic E-state index is 13.9. The highest BCUT2D eigenvalue weighted by molar-refractivity contribution is 5.86. The Kier molecular flexibility index (Phi) is 16.3. The van der Waals surface area contributed by atoms with Crippen LogP contribution in [0.2, 0.25) is 0 Å². The van der Waals surface area contributed by atoms with Crippen molar-refractivity contribution in [1.82, 2.24) is 15.5 Å². The van der Waals surface area contributed by atoms with Gasteiger partial charge in [0.05, 0.1) is 18.6 Å². The van der Waals surface area contributed by atoms with Gasteiger partial charge in [0.25, 0.3) is 0 Å². The summed E-state index contributed by atoms with van der Waals surface area (Å²) in [6.45, 7) is 7.90. The van der Waals surface area contributed by atoms with Crippen molar-refractivity contribution in [3.8, 4) is 11.1 Å². The van der Waals surface area contributed by atoms with Gasteiger partial charge < -0.3 is 30.1 Å². The Balaban J connectivity index is 1.21. The summed E-state index contributed by atoms with van der Waals surface area (Å²) in [6, 6.07) is 24.2. The first kappa shape index (κ1) is 41.9. The van der Waals surface area contributed by atoms with Crippen molar-refractivity contribution < 1.29 is 33.8 Å². The van der Waals surface area contributed by atoms with Crippen molar-refractivity contribution >= 4 is 23.9 Å². The summed E-state index contributed by atoms with van der Waals surface area (Å²) >= 11 is 0. The average Bonchev–Trinajstić information content (AvgIpc) is 3.54. The first-order valence-corrected chi connectivity index (χ1v) is 20.0. The van der Waals surface area contributed by atoms with Crippen LogP contribution in [0.15, 0.2) is 104 Å². The SMILES string of the molecule is C=CCCC(NC(=O)OCC1c2ccccc2-c2ccccc21)C(=O)OCC(CC1CCCCC1)NC(=O)C(CC=C)CC(=O)N(CCO)Cc1ccccc1. The fraction of sp³-hybridized carbons (Fsp3) is 0.435. The Morgan fingerprint density at radius 1 is 0.839 bits per heavy atom. The summed E-state index contributed by atoms with van der Waals surface area (Å²) in [7, 11) is 0. The molecule has 0 spiro atoms. The Morgan fingerprint density at radius 3 is 2.14 bits per heavy atom. The molecule has 1 saturated carbocycles. The van der Waals surface area contributed by atoms with Crippen LogP contribution in [0.3, 0.4) is 0 Å². The number of esters is 1. The largest absolute Gasteiger partial charge is 0.462 e. The van der Waals surface area contributed by atoms with E-state index in [1.54, 1.807) is 17.1 Å². The third-order valence-corrected chi connectivity index (χ3v) is 10.9. The second-order valence-electron chi connectivity index (χ2n) is 14.9. The van der Waals surface area contributed by atoms with Crippen LogP contribution in [0.25, 0.3) is 11.1 Å². The van der Waals surface area contributed by atoms with Crippen LogP contribution >= 0.6 is 0 Å². The molecule has 0 heterocycles. The number of ether oxygens (including phenoxy) is 2. The smallest absolute Gasteiger partial charge is 0.407 e. The predicted octanol–water partition coefficient (Wildman–Crippen LogP) is 7.46. The van der Waals surface area contributed by atoms with Gasteiger partial charge in [0.2, 0.25) is 11.8 Å². The lowest BCUT2D eigenvalue weighted by atomic mass is 9.84. The molecule has 3 amide bonds. The van der Waals surface area contributed by atoms with Crippen LogP contribution in [0, 0.1) is 11.8 Å². The maximum atomic E-state index is 13.9. The molecule has 10 heteroatoms. The van der Waals surface area contributed by atoms with Crippen LogP contribution in [-0.4, -0.2) is 72.3 Å². The topological polar surface area (TPSA) is 134 Å². The first-order chi connectivity index (χ1) is 27.3. The fourth-order valence-corrected chi connectivity index (χ4v) is 7.95. The molecule has 0 aromatic heterocycles. The monoisotopic (exact) mass is 763 g/mol. The number of carbonyl (C=O) groups is 4. The number of alkyl carbamates (subject to hydrolysis) is 1. The number of hydrogen-bond acceptors (Lipinski definition) is 7. The molecular formula is C46H57N3O7. The molecule has 3 unspecified atom stereocenters. The summed E-state index contributed by atoms with van der Waals surface area (Å²) in [6.07, 6.45) is 9.58. The molecule has 0 bridgehead atoms. The number of aliphatic hydroxyl groups excluding tert-OH is 1. The summed E-state index contributed by atoms with van der Waals surface area (Å²) in [5.41, 5.74) is 5.34. The lowest BCUT2D eigenvalue weighted by molar-refractivity contribution is -0.148. The van der Waals surface area contributed by atoms with Gasteiger partial charge in [-0.15, -0.1) is 13.2 Å². The van der Waals surface area contributed by atoms with Gasteiger partial charge in [-0.05, 0) is 59.4 Å². The van der Waals surface area contributed by atoms with E-state index in [-0.39, 0.29) is 63.4 Å². The lowest BCUT2D eigenvalue weighted by Gasteiger charge is -2.29. The number of fused-ring (bicyclic) bond motifs is 3. The number of aliphatic hydroxyl groups is 1. The second kappa shape index (κ2) is 21.8. The maximum Gasteiger partial charge on any atom is 0.407 e. The molecule has 298 valence electrons. The normalized spacial score (nSPS) is 15.3. The minimum absolute atomic E-state index is 0.0612. The van der Waals surface area contributed by atoms with Gasteiger partial charge in [0.1, 0.15) is 19.3 Å². The molecule has 5 rings (SSSR count). The fourth-order valence-electron chi connectivity index (χ4n) is 7.95. The Labute approximate surface area is 331 Å². The van der Waals surface area contributed by atoms with Crippen LogP contribution in [0.5, 0.6) is 0 Å². The lowest BCUT2D eigenvalue weighted by Crippen LogP contribution is -2.47.